The first kappa shape index (κ1) is 13.8. The fourth-order valence-corrected chi connectivity index (χ4v) is 2.89. The molecule has 6 heteroatoms. The van der Waals surface area contributed by atoms with Gasteiger partial charge in [0.1, 0.15) is 12.3 Å². The zero-order chi connectivity index (χ0) is 15.6. The summed E-state index contributed by atoms with van der Waals surface area (Å²) in [5.74, 6) is 0.960. The molecule has 6 nitrogen and oxygen atoms in total. The summed E-state index contributed by atoms with van der Waals surface area (Å²) in [4.78, 5) is 18.8. The summed E-state index contributed by atoms with van der Waals surface area (Å²) in [5.41, 5.74) is 1.44. The minimum absolute atomic E-state index is 0.0688. The first-order valence-corrected chi connectivity index (χ1v) is 7.55. The highest BCUT2D eigenvalue weighted by Crippen LogP contribution is 2.33. The van der Waals surface area contributed by atoms with Gasteiger partial charge in [0.05, 0.1) is 11.8 Å². The molecule has 0 saturated carbocycles. The van der Waals surface area contributed by atoms with Gasteiger partial charge in [0, 0.05) is 12.1 Å². The van der Waals surface area contributed by atoms with Gasteiger partial charge < -0.3 is 13.8 Å². The van der Waals surface area contributed by atoms with Gasteiger partial charge in [-0.1, -0.05) is 35.5 Å². The highest BCUT2D eigenvalue weighted by molar-refractivity contribution is 5.94. The Kier molecular flexibility index (Phi) is 3.42. The van der Waals surface area contributed by atoms with Gasteiger partial charge in [0.15, 0.2) is 0 Å². The lowest BCUT2D eigenvalue weighted by atomic mass is 10.2. The van der Waals surface area contributed by atoms with E-state index in [2.05, 4.69) is 10.1 Å². The van der Waals surface area contributed by atoms with Crippen molar-refractivity contribution >= 4 is 5.91 Å². The Hall–Kier alpha value is -2.89. The van der Waals surface area contributed by atoms with E-state index in [1.807, 2.05) is 30.3 Å². The van der Waals surface area contributed by atoms with Gasteiger partial charge in [-0.25, -0.2) is 0 Å². The monoisotopic (exact) mass is 309 g/mol. The number of hydrogen-bond donors (Lipinski definition) is 0. The first-order valence-electron chi connectivity index (χ1n) is 7.55. The van der Waals surface area contributed by atoms with Gasteiger partial charge in [-0.15, -0.1) is 0 Å². The smallest absolute Gasteiger partial charge is 0.257 e. The Labute approximate surface area is 132 Å². The van der Waals surface area contributed by atoms with Crippen LogP contribution in [0.3, 0.4) is 0 Å². The highest BCUT2D eigenvalue weighted by Gasteiger charge is 2.34. The van der Waals surface area contributed by atoms with E-state index in [1.54, 1.807) is 11.0 Å². The second kappa shape index (κ2) is 5.72. The van der Waals surface area contributed by atoms with Crippen LogP contribution in [0.5, 0.6) is 0 Å². The molecule has 1 fully saturated rings. The third kappa shape index (κ3) is 2.52. The van der Waals surface area contributed by atoms with Crippen molar-refractivity contribution in [2.45, 2.75) is 18.9 Å². The van der Waals surface area contributed by atoms with E-state index in [1.165, 1.54) is 12.5 Å². The molecule has 0 spiro atoms. The molecule has 1 aliphatic heterocycles. The average Bonchev–Trinajstić information content (AvgIpc) is 3.35. The summed E-state index contributed by atoms with van der Waals surface area (Å²) in [6.45, 7) is 0.678. The Morgan fingerprint density at radius 2 is 2.09 bits per heavy atom. The fourth-order valence-electron chi connectivity index (χ4n) is 2.89. The molecule has 1 atom stereocenters. The molecule has 0 N–H and O–H groups in total. The molecule has 1 aliphatic rings. The molecule has 116 valence electrons. The molecule has 1 saturated heterocycles. The molecule has 1 aromatic carbocycles. The van der Waals surface area contributed by atoms with Crippen molar-refractivity contribution in [2.24, 2.45) is 0 Å². The number of benzene rings is 1. The molecule has 2 aromatic heterocycles. The topological polar surface area (TPSA) is 72.4 Å². The number of likely N-dealkylation sites (tertiary alicyclic amines) is 1. The SMILES string of the molecule is O=C(c1ccoc1)N1CCCC1c1nc(-c2ccccc2)no1. The van der Waals surface area contributed by atoms with E-state index in [9.17, 15) is 4.79 Å². The maximum atomic E-state index is 12.5. The number of aromatic nitrogens is 2. The third-order valence-corrected chi connectivity index (χ3v) is 4.04. The fraction of sp³-hybridized carbons (Fsp3) is 0.235. The van der Waals surface area contributed by atoms with Crippen molar-refractivity contribution in [2.75, 3.05) is 6.54 Å². The number of rotatable bonds is 3. The van der Waals surface area contributed by atoms with Crippen molar-refractivity contribution in [3.63, 3.8) is 0 Å². The van der Waals surface area contributed by atoms with Crippen LogP contribution in [0.2, 0.25) is 0 Å². The predicted molar refractivity (Wildman–Crippen MR) is 81.5 cm³/mol. The minimum atomic E-state index is -0.178. The van der Waals surface area contributed by atoms with Crippen LogP contribution in [0.1, 0.15) is 35.1 Å². The number of carbonyl (C=O) groups excluding carboxylic acids is 1. The largest absolute Gasteiger partial charge is 0.472 e. The third-order valence-electron chi connectivity index (χ3n) is 4.04. The van der Waals surface area contributed by atoms with Crippen LogP contribution in [0.15, 0.2) is 57.9 Å². The molecular formula is C17H15N3O3. The molecule has 4 rings (SSSR count). The number of amides is 1. The lowest BCUT2D eigenvalue weighted by Gasteiger charge is -2.20. The molecule has 3 aromatic rings. The van der Waals surface area contributed by atoms with Crippen molar-refractivity contribution in [3.05, 3.63) is 60.4 Å². The van der Waals surface area contributed by atoms with Crippen molar-refractivity contribution in [1.82, 2.24) is 15.0 Å². The van der Waals surface area contributed by atoms with Gasteiger partial charge >= 0.3 is 0 Å². The lowest BCUT2D eigenvalue weighted by Crippen LogP contribution is -2.30. The van der Waals surface area contributed by atoms with Gasteiger partial charge in [-0.05, 0) is 18.9 Å². The number of furan rings is 1. The van der Waals surface area contributed by atoms with Crippen LogP contribution in [0, 0.1) is 0 Å². The number of nitrogens with zero attached hydrogens (tertiary/aromatic N) is 3. The normalized spacial score (nSPS) is 17.6. The van der Waals surface area contributed by atoms with Crippen LogP contribution < -0.4 is 0 Å². The van der Waals surface area contributed by atoms with Crippen LogP contribution in [-0.4, -0.2) is 27.5 Å². The van der Waals surface area contributed by atoms with E-state index in [-0.39, 0.29) is 11.9 Å². The van der Waals surface area contributed by atoms with E-state index >= 15 is 0 Å². The predicted octanol–water partition coefficient (Wildman–Crippen LogP) is 3.31. The summed E-state index contributed by atoms with van der Waals surface area (Å²) in [6, 6.07) is 11.1. The van der Waals surface area contributed by atoms with Gasteiger partial charge in [0.2, 0.25) is 11.7 Å². The summed E-state index contributed by atoms with van der Waals surface area (Å²) in [7, 11) is 0. The number of hydrogen-bond acceptors (Lipinski definition) is 5. The van der Waals surface area contributed by atoms with Gasteiger partial charge in [0.25, 0.3) is 5.91 Å². The van der Waals surface area contributed by atoms with Gasteiger partial charge in [-0.2, -0.15) is 4.98 Å². The maximum absolute atomic E-state index is 12.5. The first-order chi connectivity index (χ1) is 11.3. The average molecular weight is 309 g/mol. The van der Waals surface area contributed by atoms with E-state index < -0.39 is 0 Å². The highest BCUT2D eigenvalue weighted by atomic mass is 16.5. The zero-order valence-corrected chi connectivity index (χ0v) is 12.4. The Bertz CT molecular complexity index is 796. The van der Waals surface area contributed by atoms with Crippen LogP contribution in [0.4, 0.5) is 0 Å². The molecule has 3 heterocycles. The Morgan fingerprint density at radius 3 is 2.87 bits per heavy atom. The summed E-state index contributed by atoms with van der Waals surface area (Å²) >= 11 is 0. The van der Waals surface area contributed by atoms with Crippen LogP contribution >= 0.6 is 0 Å². The minimum Gasteiger partial charge on any atom is -0.472 e. The maximum Gasteiger partial charge on any atom is 0.257 e. The van der Waals surface area contributed by atoms with E-state index in [4.69, 9.17) is 8.94 Å². The van der Waals surface area contributed by atoms with Crippen LogP contribution in [0.25, 0.3) is 11.4 Å². The summed E-state index contributed by atoms with van der Waals surface area (Å²) in [5, 5.41) is 4.04. The standard InChI is InChI=1S/C17H15N3O3/c21-17(13-8-10-22-11-13)20-9-4-7-14(20)16-18-15(19-23-16)12-5-2-1-3-6-12/h1-3,5-6,8,10-11,14H,4,7,9H2. The zero-order valence-electron chi connectivity index (χ0n) is 12.4. The van der Waals surface area contributed by atoms with Crippen molar-refractivity contribution in [1.29, 1.82) is 0 Å². The second-order valence-corrected chi connectivity index (χ2v) is 5.49. The van der Waals surface area contributed by atoms with Crippen LogP contribution in [-0.2, 0) is 0 Å². The molecular weight excluding hydrogens is 294 g/mol. The molecule has 0 radical (unpaired) electrons. The lowest BCUT2D eigenvalue weighted by molar-refractivity contribution is 0.0709. The van der Waals surface area contributed by atoms with Gasteiger partial charge in [-0.3, -0.25) is 4.79 Å². The molecule has 0 bridgehead atoms. The number of carbonyl (C=O) groups is 1. The quantitative estimate of drug-likeness (QED) is 0.742. The van der Waals surface area contributed by atoms with E-state index in [0.29, 0.717) is 23.8 Å². The summed E-state index contributed by atoms with van der Waals surface area (Å²) in [6.07, 6.45) is 4.69. The molecule has 1 unspecified atom stereocenters. The van der Waals surface area contributed by atoms with E-state index in [0.717, 1.165) is 18.4 Å². The molecule has 0 aliphatic carbocycles. The Morgan fingerprint density at radius 1 is 1.22 bits per heavy atom. The molecule has 23 heavy (non-hydrogen) atoms. The Balaban J connectivity index is 1.60. The molecule has 1 amide bonds. The van der Waals surface area contributed by atoms with Crippen molar-refractivity contribution in [3.8, 4) is 11.4 Å². The second-order valence-electron chi connectivity index (χ2n) is 5.49. The summed E-state index contributed by atoms with van der Waals surface area (Å²) < 4.78 is 10.4. The van der Waals surface area contributed by atoms with Crippen molar-refractivity contribution < 1.29 is 13.7 Å².